The molecule has 0 fully saturated rings. The summed E-state index contributed by atoms with van der Waals surface area (Å²) in [5, 5.41) is 16.5. The van der Waals surface area contributed by atoms with E-state index in [0.717, 1.165) is 5.56 Å². The fraction of sp³-hybridized carbons (Fsp3) is 0.308. The number of hydrogen-bond donors (Lipinski definition) is 2. The number of benzene rings is 1. The number of aliphatic carboxylic acids is 1. The number of ketones is 1. The lowest BCUT2D eigenvalue weighted by molar-refractivity contribution is -0.139. The molecule has 17 heavy (non-hydrogen) atoms. The lowest BCUT2D eigenvalue weighted by Gasteiger charge is -2.10. The lowest BCUT2D eigenvalue weighted by Crippen LogP contribution is -2.30. The van der Waals surface area contributed by atoms with E-state index in [4.69, 9.17) is 10.5 Å². The lowest BCUT2D eigenvalue weighted by atomic mass is 9.94. The maximum atomic E-state index is 11.7. The van der Waals surface area contributed by atoms with Crippen LogP contribution >= 0.6 is 0 Å². The Morgan fingerprint density at radius 3 is 2.35 bits per heavy atom. The first-order valence-electron chi connectivity index (χ1n) is 5.44. The molecule has 0 radical (unpaired) electrons. The molecule has 1 atom stereocenters. The van der Waals surface area contributed by atoms with Crippen molar-refractivity contribution in [3.05, 3.63) is 35.9 Å². The standard InChI is InChI=1S/C13H15NO3/c1-2-10(13(16)17)12(14)11(15)8-9-6-4-3-5-7-9/h3-7,10,14H,2,8H2,1H3,(H,16,17)/t10-/m0/s1. The topological polar surface area (TPSA) is 78.2 Å². The SMILES string of the molecule is CC[C@@H](C(=N)C(=O)Cc1ccccc1)C(=O)O. The summed E-state index contributed by atoms with van der Waals surface area (Å²) in [6.07, 6.45) is 0.345. The van der Waals surface area contributed by atoms with Crippen molar-refractivity contribution in [2.24, 2.45) is 5.92 Å². The van der Waals surface area contributed by atoms with Crippen molar-refractivity contribution in [2.45, 2.75) is 19.8 Å². The molecule has 1 aromatic carbocycles. The van der Waals surface area contributed by atoms with Gasteiger partial charge in [-0.3, -0.25) is 9.59 Å². The Balaban J connectivity index is 2.71. The monoisotopic (exact) mass is 233 g/mol. The fourth-order valence-corrected chi connectivity index (χ4v) is 1.57. The number of carbonyl (C=O) groups is 2. The number of Topliss-reactive ketones (excluding diaryl/α,β-unsaturated/α-hetero) is 1. The van der Waals surface area contributed by atoms with Crippen LogP contribution in [-0.2, 0) is 16.0 Å². The van der Waals surface area contributed by atoms with Crippen LogP contribution in [0.4, 0.5) is 0 Å². The first-order valence-corrected chi connectivity index (χ1v) is 5.44. The molecule has 0 unspecified atom stereocenters. The Labute approximate surface area is 99.8 Å². The van der Waals surface area contributed by atoms with Gasteiger partial charge in [0.2, 0.25) is 0 Å². The third-order valence-corrected chi connectivity index (χ3v) is 2.56. The van der Waals surface area contributed by atoms with Crippen molar-refractivity contribution < 1.29 is 14.7 Å². The molecule has 0 aliphatic carbocycles. The zero-order valence-electron chi connectivity index (χ0n) is 9.64. The molecule has 0 spiro atoms. The van der Waals surface area contributed by atoms with Crippen LogP contribution in [0.1, 0.15) is 18.9 Å². The molecule has 0 amide bonds. The number of hydrogen-bond acceptors (Lipinski definition) is 3. The molecule has 90 valence electrons. The van der Waals surface area contributed by atoms with Crippen LogP contribution in [0.25, 0.3) is 0 Å². The van der Waals surface area contributed by atoms with Gasteiger partial charge in [0.05, 0.1) is 5.71 Å². The third kappa shape index (κ3) is 3.52. The molecule has 0 aromatic heterocycles. The first kappa shape index (κ1) is 13.1. The Morgan fingerprint density at radius 2 is 1.88 bits per heavy atom. The minimum atomic E-state index is -1.11. The highest BCUT2D eigenvalue weighted by molar-refractivity contribution is 6.42. The number of carboxylic acids is 1. The predicted molar refractivity (Wildman–Crippen MR) is 64.3 cm³/mol. The molecule has 0 saturated carbocycles. The Kier molecular flexibility index (Phi) is 4.57. The minimum absolute atomic E-state index is 0.0868. The van der Waals surface area contributed by atoms with Gasteiger partial charge in [0.1, 0.15) is 5.92 Å². The van der Waals surface area contributed by atoms with Crippen molar-refractivity contribution in [3.8, 4) is 0 Å². The van der Waals surface area contributed by atoms with Gasteiger partial charge >= 0.3 is 5.97 Å². The van der Waals surface area contributed by atoms with Crippen LogP contribution in [0.2, 0.25) is 0 Å². The van der Waals surface area contributed by atoms with E-state index in [2.05, 4.69) is 0 Å². The van der Waals surface area contributed by atoms with Crippen molar-refractivity contribution in [1.82, 2.24) is 0 Å². The van der Waals surface area contributed by atoms with E-state index in [1.807, 2.05) is 6.07 Å². The van der Waals surface area contributed by atoms with E-state index < -0.39 is 17.7 Å². The second-order valence-corrected chi connectivity index (χ2v) is 3.80. The maximum Gasteiger partial charge on any atom is 0.312 e. The molecule has 4 nitrogen and oxygen atoms in total. The molecular weight excluding hydrogens is 218 g/mol. The second-order valence-electron chi connectivity index (χ2n) is 3.80. The predicted octanol–water partition coefficient (Wildman–Crippen LogP) is 1.93. The molecule has 1 aromatic rings. The second kappa shape index (κ2) is 5.94. The van der Waals surface area contributed by atoms with Gasteiger partial charge in [-0.2, -0.15) is 0 Å². The minimum Gasteiger partial charge on any atom is -0.481 e. The molecule has 0 aliphatic heterocycles. The summed E-state index contributed by atoms with van der Waals surface area (Å²) in [7, 11) is 0. The average molecular weight is 233 g/mol. The maximum absolute atomic E-state index is 11.7. The van der Waals surface area contributed by atoms with Crippen molar-refractivity contribution in [3.63, 3.8) is 0 Å². The van der Waals surface area contributed by atoms with E-state index in [0.29, 0.717) is 0 Å². The molecule has 2 N–H and O–H groups in total. The van der Waals surface area contributed by atoms with Gasteiger partial charge in [0.15, 0.2) is 5.78 Å². The largest absolute Gasteiger partial charge is 0.481 e. The number of nitrogens with one attached hydrogen (secondary N) is 1. The van der Waals surface area contributed by atoms with Gasteiger partial charge in [-0.25, -0.2) is 0 Å². The highest BCUT2D eigenvalue weighted by Crippen LogP contribution is 2.09. The molecule has 0 aliphatic rings. The fourth-order valence-electron chi connectivity index (χ4n) is 1.57. The Hall–Kier alpha value is -1.97. The van der Waals surface area contributed by atoms with Crippen molar-refractivity contribution >= 4 is 17.5 Å². The summed E-state index contributed by atoms with van der Waals surface area (Å²) in [6.45, 7) is 1.66. The highest BCUT2D eigenvalue weighted by atomic mass is 16.4. The first-order chi connectivity index (χ1) is 8.06. The molecule has 0 saturated heterocycles. The molecular formula is C13H15NO3. The van der Waals surface area contributed by atoms with E-state index >= 15 is 0 Å². The van der Waals surface area contributed by atoms with Crippen molar-refractivity contribution in [2.75, 3.05) is 0 Å². The molecule has 1 rings (SSSR count). The Bertz CT molecular complexity index is 426. The van der Waals surface area contributed by atoms with Crippen LogP contribution in [-0.4, -0.2) is 22.6 Å². The summed E-state index contributed by atoms with van der Waals surface area (Å²) in [5.74, 6) is -2.53. The number of carbonyl (C=O) groups excluding carboxylic acids is 1. The van der Waals surface area contributed by atoms with Gasteiger partial charge in [-0.1, -0.05) is 37.3 Å². The normalized spacial score (nSPS) is 11.8. The summed E-state index contributed by atoms with van der Waals surface area (Å²) in [4.78, 5) is 22.6. The zero-order valence-corrected chi connectivity index (χ0v) is 9.64. The summed E-state index contributed by atoms with van der Waals surface area (Å²) < 4.78 is 0. The van der Waals surface area contributed by atoms with Crippen LogP contribution < -0.4 is 0 Å². The van der Waals surface area contributed by atoms with Gasteiger partial charge < -0.3 is 10.5 Å². The van der Waals surface area contributed by atoms with E-state index in [1.165, 1.54) is 0 Å². The summed E-state index contributed by atoms with van der Waals surface area (Å²) in [6, 6.07) is 9.02. The smallest absolute Gasteiger partial charge is 0.312 e. The van der Waals surface area contributed by atoms with Crippen LogP contribution in [0.5, 0.6) is 0 Å². The molecule has 0 heterocycles. The quantitative estimate of drug-likeness (QED) is 0.737. The average Bonchev–Trinajstić information content (AvgIpc) is 2.30. The van der Waals surface area contributed by atoms with E-state index in [1.54, 1.807) is 31.2 Å². The summed E-state index contributed by atoms with van der Waals surface area (Å²) >= 11 is 0. The summed E-state index contributed by atoms with van der Waals surface area (Å²) in [5.41, 5.74) is 0.478. The van der Waals surface area contributed by atoms with Crippen LogP contribution in [0.15, 0.2) is 30.3 Å². The van der Waals surface area contributed by atoms with E-state index in [9.17, 15) is 9.59 Å². The van der Waals surface area contributed by atoms with E-state index in [-0.39, 0.29) is 18.6 Å². The third-order valence-electron chi connectivity index (χ3n) is 2.56. The van der Waals surface area contributed by atoms with Crippen LogP contribution in [0.3, 0.4) is 0 Å². The van der Waals surface area contributed by atoms with Crippen LogP contribution in [0, 0.1) is 11.3 Å². The zero-order chi connectivity index (χ0) is 12.8. The van der Waals surface area contributed by atoms with Gasteiger partial charge in [0, 0.05) is 6.42 Å². The van der Waals surface area contributed by atoms with Gasteiger partial charge in [-0.05, 0) is 12.0 Å². The van der Waals surface area contributed by atoms with Gasteiger partial charge in [-0.15, -0.1) is 0 Å². The van der Waals surface area contributed by atoms with Crippen molar-refractivity contribution in [1.29, 1.82) is 5.41 Å². The number of carboxylic acid groups (broad SMARTS) is 1. The number of rotatable bonds is 6. The highest BCUT2D eigenvalue weighted by Gasteiger charge is 2.25. The van der Waals surface area contributed by atoms with Gasteiger partial charge in [0.25, 0.3) is 0 Å². The molecule has 4 heteroatoms. The Morgan fingerprint density at radius 1 is 1.29 bits per heavy atom. The molecule has 0 bridgehead atoms.